The maximum absolute atomic E-state index is 6.33. The quantitative estimate of drug-likeness (QED) is 0.910. The molecule has 2 aromatic carbocycles. The van der Waals surface area contributed by atoms with E-state index < -0.39 is 0 Å². The van der Waals surface area contributed by atoms with E-state index in [2.05, 4.69) is 0 Å². The summed E-state index contributed by atoms with van der Waals surface area (Å²) < 4.78 is 15.9. The molecule has 0 saturated heterocycles. The predicted molar refractivity (Wildman–Crippen MR) is 78.6 cm³/mol. The van der Waals surface area contributed by atoms with Crippen LogP contribution in [-0.4, -0.2) is 21.3 Å². The Morgan fingerprint density at radius 2 is 1.45 bits per heavy atom. The van der Waals surface area contributed by atoms with Gasteiger partial charge in [-0.1, -0.05) is 24.3 Å². The van der Waals surface area contributed by atoms with Gasteiger partial charge in [0.25, 0.3) is 0 Å². The van der Waals surface area contributed by atoms with Crippen molar-refractivity contribution >= 4 is 0 Å². The maximum Gasteiger partial charge on any atom is 0.161 e. The number of hydrogen-bond acceptors (Lipinski definition) is 4. The van der Waals surface area contributed by atoms with Crippen LogP contribution in [0.2, 0.25) is 0 Å². The highest BCUT2D eigenvalue weighted by Gasteiger charge is 2.15. The number of rotatable bonds is 5. The lowest BCUT2D eigenvalue weighted by Gasteiger charge is -2.17. The number of nitrogens with two attached hydrogens (primary N) is 1. The third kappa shape index (κ3) is 2.70. The molecule has 0 aliphatic carbocycles. The van der Waals surface area contributed by atoms with Gasteiger partial charge < -0.3 is 19.9 Å². The zero-order valence-electron chi connectivity index (χ0n) is 11.9. The van der Waals surface area contributed by atoms with Crippen molar-refractivity contribution in [2.45, 2.75) is 6.04 Å². The Kier molecular flexibility index (Phi) is 4.48. The summed E-state index contributed by atoms with van der Waals surface area (Å²) in [5.74, 6) is 2.12. The number of methoxy groups -OCH3 is 3. The number of ether oxygens (including phenoxy) is 3. The van der Waals surface area contributed by atoms with Crippen LogP contribution in [0, 0.1) is 0 Å². The molecule has 0 saturated carbocycles. The average Bonchev–Trinajstić information content (AvgIpc) is 2.53. The van der Waals surface area contributed by atoms with Gasteiger partial charge in [0.2, 0.25) is 0 Å². The molecule has 0 aliphatic heterocycles. The molecular formula is C16H19NO3. The second kappa shape index (κ2) is 6.30. The summed E-state index contributed by atoms with van der Waals surface area (Å²) in [5, 5.41) is 0. The highest BCUT2D eigenvalue weighted by atomic mass is 16.5. The normalized spacial score (nSPS) is 11.8. The van der Waals surface area contributed by atoms with Crippen molar-refractivity contribution in [3.05, 3.63) is 53.6 Å². The molecule has 0 heterocycles. The summed E-state index contributed by atoms with van der Waals surface area (Å²) in [6, 6.07) is 13.1. The van der Waals surface area contributed by atoms with Crippen molar-refractivity contribution in [1.29, 1.82) is 0 Å². The number of benzene rings is 2. The highest BCUT2D eigenvalue weighted by molar-refractivity contribution is 5.48. The van der Waals surface area contributed by atoms with Gasteiger partial charge in [0, 0.05) is 5.56 Å². The lowest BCUT2D eigenvalue weighted by Crippen LogP contribution is -2.13. The van der Waals surface area contributed by atoms with Crippen molar-refractivity contribution in [3.63, 3.8) is 0 Å². The van der Waals surface area contributed by atoms with Crippen molar-refractivity contribution in [2.24, 2.45) is 5.73 Å². The predicted octanol–water partition coefficient (Wildman–Crippen LogP) is 2.76. The second-order valence-corrected chi connectivity index (χ2v) is 4.33. The lowest BCUT2D eigenvalue weighted by atomic mass is 9.98. The van der Waals surface area contributed by atoms with Crippen molar-refractivity contribution < 1.29 is 14.2 Å². The van der Waals surface area contributed by atoms with Crippen LogP contribution in [-0.2, 0) is 0 Å². The van der Waals surface area contributed by atoms with Crippen molar-refractivity contribution in [2.75, 3.05) is 21.3 Å². The summed E-state index contributed by atoms with van der Waals surface area (Å²) in [5.41, 5.74) is 8.20. The van der Waals surface area contributed by atoms with Crippen molar-refractivity contribution in [1.82, 2.24) is 0 Å². The van der Waals surface area contributed by atoms with Gasteiger partial charge >= 0.3 is 0 Å². The third-order valence-corrected chi connectivity index (χ3v) is 3.24. The summed E-state index contributed by atoms with van der Waals surface area (Å²) in [6.45, 7) is 0. The first-order valence-electron chi connectivity index (χ1n) is 6.31. The van der Waals surface area contributed by atoms with Gasteiger partial charge in [0.1, 0.15) is 5.75 Å². The van der Waals surface area contributed by atoms with Crippen LogP contribution in [0.5, 0.6) is 17.2 Å². The van der Waals surface area contributed by atoms with E-state index in [1.807, 2.05) is 42.5 Å². The summed E-state index contributed by atoms with van der Waals surface area (Å²) in [4.78, 5) is 0. The molecule has 4 nitrogen and oxygen atoms in total. The molecule has 0 aliphatic rings. The van der Waals surface area contributed by atoms with E-state index in [1.165, 1.54) is 0 Å². The summed E-state index contributed by atoms with van der Waals surface area (Å²) in [7, 11) is 4.86. The first kappa shape index (κ1) is 14.2. The van der Waals surface area contributed by atoms with Crippen LogP contribution in [0.3, 0.4) is 0 Å². The first-order chi connectivity index (χ1) is 9.71. The van der Waals surface area contributed by atoms with Gasteiger partial charge in [0.05, 0.1) is 27.4 Å². The molecule has 0 bridgehead atoms. The smallest absolute Gasteiger partial charge is 0.161 e. The van der Waals surface area contributed by atoms with Gasteiger partial charge in [-0.2, -0.15) is 0 Å². The molecule has 0 fully saturated rings. The molecule has 2 N–H and O–H groups in total. The highest BCUT2D eigenvalue weighted by Crippen LogP contribution is 2.33. The second-order valence-electron chi connectivity index (χ2n) is 4.33. The Balaban J connectivity index is 2.40. The number of hydrogen-bond donors (Lipinski definition) is 1. The van der Waals surface area contributed by atoms with E-state index in [1.54, 1.807) is 21.3 Å². The number of para-hydroxylation sites is 1. The standard InChI is InChI=1S/C16H19NO3/c1-18-13-7-5-4-6-12(13)16(17)11-8-9-14(19-2)15(10-11)20-3/h4-10,16H,17H2,1-3H3. The van der Waals surface area contributed by atoms with Crippen LogP contribution in [0.25, 0.3) is 0 Å². The maximum atomic E-state index is 6.33. The van der Waals surface area contributed by atoms with E-state index >= 15 is 0 Å². The Morgan fingerprint density at radius 1 is 0.800 bits per heavy atom. The summed E-state index contributed by atoms with van der Waals surface area (Å²) in [6.07, 6.45) is 0. The zero-order valence-corrected chi connectivity index (χ0v) is 11.9. The fourth-order valence-corrected chi connectivity index (χ4v) is 2.15. The Hall–Kier alpha value is -2.20. The van der Waals surface area contributed by atoms with Crippen LogP contribution in [0.1, 0.15) is 17.2 Å². The first-order valence-corrected chi connectivity index (χ1v) is 6.31. The molecule has 0 radical (unpaired) electrons. The van der Waals surface area contributed by atoms with Crippen LogP contribution in [0.4, 0.5) is 0 Å². The van der Waals surface area contributed by atoms with Gasteiger partial charge in [-0.25, -0.2) is 0 Å². The topological polar surface area (TPSA) is 53.7 Å². The molecule has 106 valence electrons. The molecular weight excluding hydrogens is 254 g/mol. The largest absolute Gasteiger partial charge is 0.496 e. The van der Waals surface area contributed by atoms with E-state index in [0.717, 1.165) is 16.9 Å². The van der Waals surface area contributed by atoms with Gasteiger partial charge in [-0.15, -0.1) is 0 Å². The Morgan fingerprint density at radius 3 is 2.10 bits per heavy atom. The molecule has 20 heavy (non-hydrogen) atoms. The van der Waals surface area contributed by atoms with Crippen LogP contribution >= 0.6 is 0 Å². The Bertz CT molecular complexity index is 584. The Labute approximate surface area is 119 Å². The average molecular weight is 273 g/mol. The van der Waals surface area contributed by atoms with E-state index in [0.29, 0.717) is 11.5 Å². The molecule has 4 heteroatoms. The molecule has 0 aromatic heterocycles. The zero-order chi connectivity index (χ0) is 14.5. The summed E-state index contributed by atoms with van der Waals surface area (Å²) >= 11 is 0. The van der Waals surface area contributed by atoms with E-state index in [4.69, 9.17) is 19.9 Å². The SMILES string of the molecule is COc1ccc(C(N)c2ccccc2OC)cc1OC. The molecule has 2 aromatic rings. The third-order valence-electron chi connectivity index (χ3n) is 3.24. The minimum absolute atomic E-state index is 0.286. The van der Waals surface area contributed by atoms with E-state index in [-0.39, 0.29) is 6.04 Å². The van der Waals surface area contributed by atoms with E-state index in [9.17, 15) is 0 Å². The van der Waals surface area contributed by atoms with Crippen LogP contribution < -0.4 is 19.9 Å². The van der Waals surface area contributed by atoms with Crippen molar-refractivity contribution in [3.8, 4) is 17.2 Å². The molecule has 0 spiro atoms. The molecule has 2 rings (SSSR count). The fraction of sp³-hybridized carbons (Fsp3) is 0.250. The lowest BCUT2D eigenvalue weighted by molar-refractivity contribution is 0.354. The monoisotopic (exact) mass is 273 g/mol. The van der Waals surface area contributed by atoms with Crippen LogP contribution in [0.15, 0.2) is 42.5 Å². The minimum Gasteiger partial charge on any atom is -0.496 e. The molecule has 1 atom stereocenters. The van der Waals surface area contributed by atoms with Gasteiger partial charge in [0.15, 0.2) is 11.5 Å². The molecule has 0 amide bonds. The van der Waals surface area contributed by atoms with Gasteiger partial charge in [-0.05, 0) is 23.8 Å². The fourth-order valence-electron chi connectivity index (χ4n) is 2.15. The van der Waals surface area contributed by atoms with Gasteiger partial charge in [-0.3, -0.25) is 0 Å². The molecule has 1 unspecified atom stereocenters. The minimum atomic E-state index is -0.286.